The van der Waals surface area contributed by atoms with Crippen LogP contribution >= 0.6 is 0 Å². The molecular weight excluding hydrogens is 268 g/mol. The van der Waals surface area contributed by atoms with Gasteiger partial charge in [0.25, 0.3) is 0 Å². The fraction of sp³-hybridized carbons (Fsp3) is 0.625. The molecule has 5 heteroatoms. The molecule has 0 aliphatic carbocycles. The van der Waals surface area contributed by atoms with E-state index in [1.54, 1.807) is 21.3 Å². The van der Waals surface area contributed by atoms with Gasteiger partial charge in [0.15, 0.2) is 11.5 Å². The molecular formula is C16H26N2O3. The Morgan fingerprint density at radius 3 is 2.19 bits per heavy atom. The van der Waals surface area contributed by atoms with Gasteiger partial charge in [0.05, 0.1) is 21.3 Å². The topological polar surface area (TPSA) is 43.0 Å². The molecule has 1 aromatic rings. The van der Waals surface area contributed by atoms with Crippen molar-refractivity contribution in [3.8, 4) is 17.2 Å². The van der Waals surface area contributed by atoms with E-state index in [1.807, 2.05) is 12.1 Å². The van der Waals surface area contributed by atoms with E-state index in [0.29, 0.717) is 29.3 Å². The second-order valence-corrected chi connectivity index (χ2v) is 5.61. The summed E-state index contributed by atoms with van der Waals surface area (Å²) in [6, 6.07) is 4.99. The van der Waals surface area contributed by atoms with E-state index < -0.39 is 0 Å². The SMILES string of the molecule is COc1cc(NC2CCN(C)C(C)C2)cc(OC)c1OC. The van der Waals surface area contributed by atoms with Crippen LogP contribution in [-0.4, -0.2) is 51.9 Å². The van der Waals surface area contributed by atoms with Crippen molar-refractivity contribution in [2.45, 2.75) is 31.8 Å². The highest BCUT2D eigenvalue weighted by Gasteiger charge is 2.23. The lowest BCUT2D eigenvalue weighted by Gasteiger charge is -2.35. The molecule has 21 heavy (non-hydrogen) atoms. The fourth-order valence-corrected chi connectivity index (χ4v) is 2.82. The van der Waals surface area contributed by atoms with Crippen molar-refractivity contribution in [3.05, 3.63) is 12.1 Å². The molecule has 1 aromatic carbocycles. The standard InChI is InChI=1S/C16H26N2O3/c1-11-8-12(6-7-18(11)2)17-13-9-14(19-3)16(21-5)15(10-13)20-4/h9-12,17H,6-8H2,1-5H3. The van der Waals surface area contributed by atoms with Gasteiger partial charge >= 0.3 is 0 Å². The summed E-state index contributed by atoms with van der Waals surface area (Å²) in [5, 5.41) is 3.59. The van der Waals surface area contributed by atoms with Crippen LogP contribution in [0.5, 0.6) is 17.2 Å². The summed E-state index contributed by atoms with van der Waals surface area (Å²) in [7, 11) is 7.07. The van der Waals surface area contributed by atoms with E-state index in [-0.39, 0.29) is 0 Å². The molecule has 2 rings (SSSR count). The lowest BCUT2D eigenvalue weighted by molar-refractivity contribution is 0.190. The van der Waals surface area contributed by atoms with Crippen molar-refractivity contribution in [3.63, 3.8) is 0 Å². The molecule has 1 aliphatic heterocycles. The molecule has 0 radical (unpaired) electrons. The summed E-state index contributed by atoms with van der Waals surface area (Å²) >= 11 is 0. The predicted molar refractivity (Wildman–Crippen MR) is 84.8 cm³/mol. The van der Waals surface area contributed by atoms with Crippen molar-refractivity contribution in [2.24, 2.45) is 0 Å². The molecule has 5 nitrogen and oxygen atoms in total. The van der Waals surface area contributed by atoms with Crippen LogP contribution in [0.25, 0.3) is 0 Å². The molecule has 118 valence electrons. The fourth-order valence-electron chi connectivity index (χ4n) is 2.82. The molecule has 1 aliphatic rings. The molecule has 2 unspecified atom stereocenters. The summed E-state index contributed by atoms with van der Waals surface area (Å²) in [6.45, 7) is 3.38. The number of methoxy groups -OCH3 is 3. The third-order valence-electron chi connectivity index (χ3n) is 4.24. The third-order valence-corrected chi connectivity index (χ3v) is 4.24. The zero-order chi connectivity index (χ0) is 15.4. The summed E-state index contributed by atoms with van der Waals surface area (Å²) in [6.07, 6.45) is 2.27. The molecule has 0 saturated carbocycles. The Morgan fingerprint density at radius 2 is 1.71 bits per heavy atom. The van der Waals surface area contributed by atoms with E-state index in [2.05, 4.69) is 24.2 Å². The Morgan fingerprint density at radius 1 is 1.10 bits per heavy atom. The van der Waals surface area contributed by atoms with Crippen LogP contribution in [0.15, 0.2) is 12.1 Å². The van der Waals surface area contributed by atoms with Gasteiger partial charge in [0.1, 0.15) is 0 Å². The Balaban J connectivity index is 2.16. The highest BCUT2D eigenvalue weighted by molar-refractivity contribution is 5.62. The highest BCUT2D eigenvalue weighted by Crippen LogP contribution is 2.40. The number of nitrogens with zero attached hydrogens (tertiary/aromatic N) is 1. The average molecular weight is 294 g/mol. The molecule has 1 N–H and O–H groups in total. The Hall–Kier alpha value is -1.62. The lowest BCUT2D eigenvalue weighted by Crippen LogP contribution is -2.42. The number of ether oxygens (including phenoxy) is 3. The summed E-state index contributed by atoms with van der Waals surface area (Å²) < 4.78 is 16.1. The monoisotopic (exact) mass is 294 g/mol. The number of likely N-dealkylation sites (tertiary alicyclic amines) is 1. The maximum absolute atomic E-state index is 5.39. The summed E-state index contributed by atoms with van der Waals surface area (Å²) in [5.74, 6) is 1.99. The van der Waals surface area contributed by atoms with Gasteiger partial charge in [-0.2, -0.15) is 0 Å². The first-order chi connectivity index (χ1) is 10.1. The van der Waals surface area contributed by atoms with Crippen LogP contribution in [0.2, 0.25) is 0 Å². The zero-order valence-electron chi connectivity index (χ0n) is 13.6. The van der Waals surface area contributed by atoms with Gasteiger partial charge < -0.3 is 24.4 Å². The van der Waals surface area contributed by atoms with Gasteiger partial charge in [-0.15, -0.1) is 0 Å². The summed E-state index contributed by atoms with van der Waals surface area (Å²) in [4.78, 5) is 2.40. The minimum atomic E-state index is 0.471. The summed E-state index contributed by atoms with van der Waals surface area (Å²) in [5.41, 5.74) is 1.01. The Bertz CT molecular complexity index is 454. The van der Waals surface area contributed by atoms with Crippen molar-refractivity contribution in [1.82, 2.24) is 4.90 Å². The molecule has 0 spiro atoms. The van der Waals surface area contributed by atoms with Gasteiger partial charge in [0, 0.05) is 36.4 Å². The number of piperidine rings is 1. The largest absolute Gasteiger partial charge is 0.493 e. The van der Waals surface area contributed by atoms with E-state index in [9.17, 15) is 0 Å². The molecule has 0 amide bonds. The smallest absolute Gasteiger partial charge is 0.203 e. The molecule has 0 bridgehead atoms. The van der Waals surface area contributed by atoms with Gasteiger partial charge in [-0.1, -0.05) is 0 Å². The highest BCUT2D eigenvalue weighted by atomic mass is 16.5. The van der Waals surface area contributed by atoms with Gasteiger partial charge in [0.2, 0.25) is 5.75 Å². The van der Waals surface area contributed by atoms with E-state index in [4.69, 9.17) is 14.2 Å². The molecule has 1 fully saturated rings. The number of benzene rings is 1. The average Bonchev–Trinajstić information content (AvgIpc) is 2.49. The number of hydrogen-bond acceptors (Lipinski definition) is 5. The van der Waals surface area contributed by atoms with E-state index >= 15 is 0 Å². The van der Waals surface area contributed by atoms with Crippen LogP contribution in [0, 0.1) is 0 Å². The van der Waals surface area contributed by atoms with Crippen molar-refractivity contribution in [2.75, 3.05) is 40.2 Å². The molecule has 1 heterocycles. The number of anilines is 1. The molecule has 2 atom stereocenters. The van der Waals surface area contributed by atoms with Crippen LogP contribution in [0.3, 0.4) is 0 Å². The van der Waals surface area contributed by atoms with Gasteiger partial charge in [-0.25, -0.2) is 0 Å². The van der Waals surface area contributed by atoms with Crippen LogP contribution in [0.4, 0.5) is 5.69 Å². The van der Waals surface area contributed by atoms with Gasteiger partial charge in [-0.3, -0.25) is 0 Å². The van der Waals surface area contributed by atoms with Crippen LogP contribution in [-0.2, 0) is 0 Å². The minimum Gasteiger partial charge on any atom is -0.493 e. The lowest BCUT2D eigenvalue weighted by atomic mass is 9.98. The number of nitrogens with one attached hydrogen (secondary N) is 1. The third kappa shape index (κ3) is 3.53. The zero-order valence-corrected chi connectivity index (χ0v) is 13.6. The maximum atomic E-state index is 5.39. The predicted octanol–water partition coefficient (Wildman–Crippen LogP) is 2.61. The normalized spacial score (nSPS) is 22.7. The second-order valence-electron chi connectivity index (χ2n) is 5.61. The maximum Gasteiger partial charge on any atom is 0.203 e. The van der Waals surface area contributed by atoms with Crippen LogP contribution in [0.1, 0.15) is 19.8 Å². The first-order valence-electron chi connectivity index (χ1n) is 7.35. The van der Waals surface area contributed by atoms with Crippen molar-refractivity contribution in [1.29, 1.82) is 0 Å². The molecule has 0 aromatic heterocycles. The van der Waals surface area contributed by atoms with Crippen molar-refractivity contribution >= 4 is 5.69 Å². The Labute approximate surface area is 127 Å². The van der Waals surface area contributed by atoms with Gasteiger partial charge in [-0.05, 0) is 26.8 Å². The minimum absolute atomic E-state index is 0.471. The Kier molecular flexibility index (Phi) is 5.17. The molecule has 1 saturated heterocycles. The van der Waals surface area contributed by atoms with E-state index in [1.165, 1.54) is 0 Å². The first-order valence-corrected chi connectivity index (χ1v) is 7.35. The van der Waals surface area contributed by atoms with Crippen LogP contribution < -0.4 is 19.5 Å². The first kappa shape index (κ1) is 15.8. The second kappa shape index (κ2) is 6.89. The van der Waals surface area contributed by atoms with E-state index in [0.717, 1.165) is 25.1 Å². The number of hydrogen-bond donors (Lipinski definition) is 1. The number of rotatable bonds is 5. The quantitative estimate of drug-likeness (QED) is 0.904. The van der Waals surface area contributed by atoms with Crippen molar-refractivity contribution < 1.29 is 14.2 Å².